The molecule has 1 amide bonds. The number of carbonyl (C=O) groups excluding carboxylic acids is 1. The number of halogens is 1. The van der Waals surface area contributed by atoms with Crippen LogP contribution in [0.2, 0.25) is 0 Å². The van der Waals surface area contributed by atoms with Crippen LogP contribution in [0.1, 0.15) is 21.6 Å². The van der Waals surface area contributed by atoms with Crippen molar-refractivity contribution >= 4 is 45.0 Å². The number of para-hydroxylation sites is 1. The standard InChI is InChI=1S/C20H15FN4O2S2/c1-11-3-2-4-15-16(26)9-14(22-17(11)15)10-28-20-25-24-19(29-20)23-18(27)12-5-7-13(21)8-6-12/h2-9H,10H2,1H3,(H,22,26)(H,23,24,27). The van der Waals surface area contributed by atoms with E-state index in [1.54, 1.807) is 12.1 Å². The quantitative estimate of drug-likeness (QED) is 0.365. The molecule has 2 aromatic heterocycles. The zero-order valence-electron chi connectivity index (χ0n) is 15.2. The van der Waals surface area contributed by atoms with Gasteiger partial charge < -0.3 is 4.98 Å². The molecule has 0 aliphatic heterocycles. The summed E-state index contributed by atoms with van der Waals surface area (Å²) in [5, 5.41) is 11.7. The summed E-state index contributed by atoms with van der Waals surface area (Å²) >= 11 is 2.65. The highest BCUT2D eigenvalue weighted by Gasteiger charge is 2.12. The zero-order chi connectivity index (χ0) is 20.4. The number of anilines is 1. The average Bonchev–Trinajstić information content (AvgIpc) is 3.15. The van der Waals surface area contributed by atoms with Crippen LogP contribution in [0, 0.1) is 12.7 Å². The zero-order valence-corrected chi connectivity index (χ0v) is 16.9. The highest BCUT2D eigenvalue weighted by Crippen LogP contribution is 2.28. The number of carbonyl (C=O) groups is 1. The van der Waals surface area contributed by atoms with Gasteiger partial charge in [-0.15, -0.1) is 10.2 Å². The molecule has 0 spiro atoms. The smallest absolute Gasteiger partial charge is 0.257 e. The maximum atomic E-state index is 13.0. The molecule has 0 fully saturated rings. The van der Waals surface area contributed by atoms with Gasteiger partial charge >= 0.3 is 0 Å². The summed E-state index contributed by atoms with van der Waals surface area (Å²) in [6.45, 7) is 1.95. The number of nitrogens with one attached hydrogen (secondary N) is 2. The average molecular weight is 426 g/mol. The van der Waals surface area contributed by atoms with Crippen LogP contribution in [-0.2, 0) is 5.75 Å². The van der Waals surface area contributed by atoms with E-state index in [1.807, 2.05) is 19.1 Å². The third-order valence-electron chi connectivity index (χ3n) is 4.21. The first-order chi connectivity index (χ1) is 14.0. The first-order valence-corrected chi connectivity index (χ1v) is 10.4. The maximum Gasteiger partial charge on any atom is 0.257 e. The van der Waals surface area contributed by atoms with Crippen molar-refractivity contribution in [3.8, 4) is 0 Å². The molecule has 0 atom stereocenters. The number of thioether (sulfide) groups is 1. The van der Waals surface area contributed by atoms with Gasteiger partial charge in [-0.1, -0.05) is 35.2 Å². The van der Waals surface area contributed by atoms with Crippen LogP contribution in [0.3, 0.4) is 0 Å². The molecule has 0 unspecified atom stereocenters. The number of benzene rings is 2. The molecule has 0 saturated carbocycles. The van der Waals surface area contributed by atoms with Crippen LogP contribution >= 0.6 is 23.1 Å². The second-order valence-corrected chi connectivity index (χ2v) is 8.48. The van der Waals surface area contributed by atoms with Crippen molar-refractivity contribution in [1.29, 1.82) is 0 Å². The minimum absolute atomic E-state index is 0.0254. The Morgan fingerprint density at radius 3 is 2.79 bits per heavy atom. The predicted molar refractivity (Wildman–Crippen MR) is 113 cm³/mol. The molecule has 4 aromatic rings. The van der Waals surface area contributed by atoms with Gasteiger partial charge in [0, 0.05) is 28.5 Å². The second kappa shape index (κ2) is 8.14. The summed E-state index contributed by atoms with van der Waals surface area (Å²) in [5.74, 6) is -0.273. The van der Waals surface area contributed by atoms with Gasteiger partial charge in [0.1, 0.15) is 5.82 Å². The van der Waals surface area contributed by atoms with E-state index in [9.17, 15) is 14.0 Å². The lowest BCUT2D eigenvalue weighted by atomic mass is 10.1. The summed E-state index contributed by atoms with van der Waals surface area (Å²) in [4.78, 5) is 27.8. The highest BCUT2D eigenvalue weighted by atomic mass is 32.2. The number of H-pyrrole nitrogens is 1. The van der Waals surface area contributed by atoms with Gasteiger partial charge in [-0.25, -0.2) is 4.39 Å². The number of pyridine rings is 1. The number of amides is 1. The van der Waals surface area contributed by atoms with Crippen LogP contribution in [0.15, 0.2) is 57.7 Å². The SMILES string of the molecule is Cc1cccc2c(=O)cc(CSc3nnc(NC(=O)c4ccc(F)cc4)s3)[nH]c12. The number of fused-ring (bicyclic) bond motifs is 1. The monoisotopic (exact) mass is 426 g/mol. The number of aromatic amines is 1. The van der Waals surface area contributed by atoms with Gasteiger partial charge in [0.25, 0.3) is 5.91 Å². The van der Waals surface area contributed by atoms with Gasteiger partial charge in [0.2, 0.25) is 5.13 Å². The Bertz CT molecular complexity index is 1250. The van der Waals surface area contributed by atoms with Crippen molar-refractivity contribution in [3.63, 3.8) is 0 Å². The fraction of sp³-hybridized carbons (Fsp3) is 0.100. The molecule has 0 aliphatic rings. The summed E-state index contributed by atoms with van der Waals surface area (Å²) in [7, 11) is 0. The summed E-state index contributed by atoms with van der Waals surface area (Å²) in [5.41, 5.74) is 2.93. The molecule has 2 heterocycles. The molecule has 146 valence electrons. The van der Waals surface area contributed by atoms with Crippen molar-refractivity contribution in [2.45, 2.75) is 17.0 Å². The van der Waals surface area contributed by atoms with Gasteiger partial charge in [0.15, 0.2) is 9.77 Å². The Labute approximate surface area is 173 Å². The Hall–Kier alpha value is -3.04. The van der Waals surface area contributed by atoms with Crippen molar-refractivity contribution in [1.82, 2.24) is 15.2 Å². The lowest BCUT2D eigenvalue weighted by molar-refractivity contribution is 0.102. The van der Waals surface area contributed by atoms with Crippen LogP contribution in [0.4, 0.5) is 9.52 Å². The maximum absolute atomic E-state index is 13.0. The Balaban J connectivity index is 1.44. The highest BCUT2D eigenvalue weighted by molar-refractivity contribution is 8.00. The molecule has 0 radical (unpaired) electrons. The van der Waals surface area contributed by atoms with E-state index in [0.717, 1.165) is 16.8 Å². The van der Waals surface area contributed by atoms with Crippen LogP contribution in [-0.4, -0.2) is 21.1 Å². The number of aromatic nitrogens is 3. The van der Waals surface area contributed by atoms with E-state index in [2.05, 4.69) is 20.5 Å². The van der Waals surface area contributed by atoms with Crippen molar-refractivity contribution < 1.29 is 9.18 Å². The molecule has 0 bridgehead atoms. The first kappa shape index (κ1) is 19.3. The molecule has 0 aliphatic carbocycles. The van der Waals surface area contributed by atoms with Crippen LogP contribution in [0.5, 0.6) is 0 Å². The lowest BCUT2D eigenvalue weighted by Crippen LogP contribution is -2.11. The fourth-order valence-electron chi connectivity index (χ4n) is 2.78. The number of nitrogens with zero attached hydrogens (tertiary/aromatic N) is 2. The topological polar surface area (TPSA) is 87.7 Å². The van der Waals surface area contributed by atoms with Crippen LogP contribution < -0.4 is 10.7 Å². The van der Waals surface area contributed by atoms with Gasteiger partial charge in [-0.05, 0) is 42.8 Å². The van der Waals surface area contributed by atoms with Crippen molar-refractivity contribution in [2.24, 2.45) is 0 Å². The normalized spacial score (nSPS) is 11.0. The summed E-state index contributed by atoms with van der Waals surface area (Å²) in [6, 6.07) is 12.5. The van der Waals surface area contributed by atoms with Crippen molar-refractivity contribution in [2.75, 3.05) is 5.32 Å². The largest absolute Gasteiger partial charge is 0.357 e. The van der Waals surface area contributed by atoms with Gasteiger partial charge in [-0.2, -0.15) is 0 Å². The molecular weight excluding hydrogens is 411 g/mol. The number of hydrogen-bond donors (Lipinski definition) is 2. The third-order valence-corrected chi connectivity index (χ3v) is 6.23. The molecule has 2 aromatic carbocycles. The third kappa shape index (κ3) is 4.36. The molecular formula is C20H15FN4O2S2. The molecule has 2 N–H and O–H groups in total. The van der Waals surface area contributed by atoms with Crippen molar-refractivity contribution in [3.05, 3.63) is 81.4 Å². The predicted octanol–water partition coefficient (Wildman–Crippen LogP) is 4.37. The Morgan fingerprint density at radius 2 is 2.00 bits per heavy atom. The molecule has 6 nitrogen and oxygen atoms in total. The molecule has 0 saturated heterocycles. The Morgan fingerprint density at radius 1 is 1.21 bits per heavy atom. The first-order valence-electron chi connectivity index (χ1n) is 8.64. The van der Waals surface area contributed by atoms with E-state index in [4.69, 9.17) is 0 Å². The van der Waals surface area contributed by atoms with E-state index in [0.29, 0.717) is 26.2 Å². The van der Waals surface area contributed by atoms with Gasteiger partial charge in [0.05, 0.1) is 5.52 Å². The molecule has 29 heavy (non-hydrogen) atoms. The number of hydrogen-bond acceptors (Lipinski definition) is 6. The number of aryl methyl sites for hydroxylation is 1. The minimum atomic E-state index is -0.405. The molecule has 4 rings (SSSR count). The van der Waals surface area contributed by atoms with Crippen LogP contribution in [0.25, 0.3) is 10.9 Å². The van der Waals surface area contributed by atoms with E-state index in [-0.39, 0.29) is 11.3 Å². The fourth-order valence-corrected chi connectivity index (χ4v) is 4.43. The number of rotatable bonds is 5. The minimum Gasteiger partial charge on any atom is -0.357 e. The van der Waals surface area contributed by atoms with E-state index < -0.39 is 5.82 Å². The second-order valence-electron chi connectivity index (χ2n) is 6.28. The lowest BCUT2D eigenvalue weighted by Gasteiger charge is -2.05. The van der Waals surface area contributed by atoms with E-state index in [1.165, 1.54) is 47.4 Å². The Kier molecular flexibility index (Phi) is 5.41. The van der Waals surface area contributed by atoms with E-state index >= 15 is 0 Å². The summed E-state index contributed by atoms with van der Waals surface area (Å²) in [6.07, 6.45) is 0. The molecule has 9 heteroatoms. The van der Waals surface area contributed by atoms with Gasteiger partial charge in [-0.3, -0.25) is 14.9 Å². The summed E-state index contributed by atoms with van der Waals surface area (Å²) < 4.78 is 13.6.